The highest BCUT2D eigenvalue weighted by molar-refractivity contribution is 5.85. The Labute approximate surface area is 134 Å². The number of carboxylic acids is 1. The summed E-state index contributed by atoms with van der Waals surface area (Å²) in [6, 6.07) is 8.41. The topological polar surface area (TPSA) is 83.4 Å². The molecule has 0 unspecified atom stereocenters. The Kier molecular flexibility index (Phi) is 4.62. The van der Waals surface area contributed by atoms with Crippen LogP contribution in [0.1, 0.15) is 24.3 Å². The van der Waals surface area contributed by atoms with E-state index >= 15 is 0 Å². The molecule has 1 aliphatic heterocycles. The van der Waals surface area contributed by atoms with Gasteiger partial charge in [-0.2, -0.15) is 0 Å². The SMILES string of the molecule is O=C(O)CNC(=O)Cn1ccc2ccc(C3CCNCC3)cc21. The number of nitrogens with one attached hydrogen (secondary N) is 2. The first kappa shape index (κ1) is 15.6. The fraction of sp³-hybridized carbons (Fsp3) is 0.412. The summed E-state index contributed by atoms with van der Waals surface area (Å²) in [6.45, 7) is 1.87. The second kappa shape index (κ2) is 6.83. The third-order valence-corrected chi connectivity index (χ3v) is 4.36. The highest BCUT2D eigenvalue weighted by Gasteiger charge is 2.16. The van der Waals surface area contributed by atoms with Crippen molar-refractivity contribution < 1.29 is 14.7 Å². The molecule has 122 valence electrons. The maximum absolute atomic E-state index is 11.8. The largest absolute Gasteiger partial charge is 0.480 e. The van der Waals surface area contributed by atoms with Crippen LogP contribution in [0.15, 0.2) is 30.5 Å². The quantitative estimate of drug-likeness (QED) is 0.777. The molecule has 1 aromatic carbocycles. The third-order valence-electron chi connectivity index (χ3n) is 4.36. The number of fused-ring (bicyclic) bond motifs is 1. The number of hydrogen-bond acceptors (Lipinski definition) is 3. The number of carboxylic acid groups (broad SMARTS) is 1. The molecule has 1 aliphatic rings. The van der Waals surface area contributed by atoms with Crippen molar-refractivity contribution in [3.8, 4) is 0 Å². The molecule has 1 saturated heterocycles. The van der Waals surface area contributed by atoms with E-state index in [1.807, 2.05) is 16.8 Å². The molecular formula is C17H21N3O3. The van der Waals surface area contributed by atoms with Gasteiger partial charge in [-0.1, -0.05) is 12.1 Å². The fourth-order valence-electron chi connectivity index (χ4n) is 3.13. The monoisotopic (exact) mass is 315 g/mol. The van der Waals surface area contributed by atoms with E-state index in [1.165, 1.54) is 5.56 Å². The van der Waals surface area contributed by atoms with Gasteiger partial charge in [0, 0.05) is 11.7 Å². The Morgan fingerprint density at radius 2 is 2.04 bits per heavy atom. The van der Waals surface area contributed by atoms with Crippen LogP contribution in [0.2, 0.25) is 0 Å². The van der Waals surface area contributed by atoms with Crippen LogP contribution in [-0.4, -0.2) is 41.2 Å². The Hall–Kier alpha value is -2.34. The summed E-state index contributed by atoms with van der Waals surface area (Å²) in [7, 11) is 0. The Morgan fingerprint density at radius 3 is 2.78 bits per heavy atom. The van der Waals surface area contributed by atoms with Crippen molar-refractivity contribution in [1.82, 2.24) is 15.2 Å². The van der Waals surface area contributed by atoms with Crippen LogP contribution in [0.4, 0.5) is 0 Å². The molecule has 0 bridgehead atoms. The van der Waals surface area contributed by atoms with Crippen molar-refractivity contribution in [3.63, 3.8) is 0 Å². The predicted octanol–water partition coefficient (Wildman–Crippen LogP) is 1.31. The summed E-state index contributed by atoms with van der Waals surface area (Å²) in [5, 5.41) is 15.5. The molecule has 1 fully saturated rings. The number of amides is 1. The first-order valence-electron chi connectivity index (χ1n) is 7.91. The zero-order chi connectivity index (χ0) is 16.2. The van der Waals surface area contributed by atoms with E-state index in [0.29, 0.717) is 5.92 Å². The van der Waals surface area contributed by atoms with Gasteiger partial charge in [0.25, 0.3) is 0 Å². The maximum Gasteiger partial charge on any atom is 0.322 e. The van der Waals surface area contributed by atoms with Gasteiger partial charge in [0.2, 0.25) is 5.91 Å². The van der Waals surface area contributed by atoms with Crippen molar-refractivity contribution in [2.45, 2.75) is 25.3 Å². The molecule has 6 heteroatoms. The van der Waals surface area contributed by atoms with Crippen LogP contribution in [0, 0.1) is 0 Å². The van der Waals surface area contributed by atoms with Gasteiger partial charge in [-0.3, -0.25) is 9.59 Å². The van der Waals surface area contributed by atoms with Gasteiger partial charge in [0.05, 0.1) is 0 Å². The second-order valence-corrected chi connectivity index (χ2v) is 5.96. The molecule has 2 aromatic rings. The van der Waals surface area contributed by atoms with Gasteiger partial charge in [0.1, 0.15) is 13.1 Å². The van der Waals surface area contributed by atoms with Crippen molar-refractivity contribution >= 4 is 22.8 Å². The lowest BCUT2D eigenvalue weighted by atomic mass is 9.90. The van der Waals surface area contributed by atoms with Crippen molar-refractivity contribution in [2.75, 3.05) is 19.6 Å². The number of benzene rings is 1. The summed E-state index contributed by atoms with van der Waals surface area (Å²) in [4.78, 5) is 22.4. The van der Waals surface area contributed by atoms with E-state index in [9.17, 15) is 9.59 Å². The normalized spacial score (nSPS) is 15.7. The minimum absolute atomic E-state index is 0.131. The van der Waals surface area contributed by atoms with Gasteiger partial charge in [-0.15, -0.1) is 0 Å². The van der Waals surface area contributed by atoms with Gasteiger partial charge in [-0.25, -0.2) is 0 Å². The van der Waals surface area contributed by atoms with E-state index in [1.54, 1.807) is 0 Å². The highest BCUT2D eigenvalue weighted by atomic mass is 16.4. The summed E-state index contributed by atoms with van der Waals surface area (Å²) in [6.07, 6.45) is 4.13. The number of carbonyl (C=O) groups is 2. The highest BCUT2D eigenvalue weighted by Crippen LogP contribution is 2.28. The molecule has 3 N–H and O–H groups in total. The summed E-state index contributed by atoms with van der Waals surface area (Å²) >= 11 is 0. The van der Waals surface area contributed by atoms with Crippen LogP contribution in [0.5, 0.6) is 0 Å². The predicted molar refractivity (Wildman–Crippen MR) is 87.4 cm³/mol. The average Bonchev–Trinajstić information content (AvgIpc) is 2.96. The molecule has 1 amide bonds. The van der Waals surface area contributed by atoms with Crippen molar-refractivity contribution in [2.24, 2.45) is 0 Å². The van der Waals surface area contributed by atoms with Crippen LogP contribution < -0.4 is 10.6 Å². The standard InChI is InChI=1S/C17H21N3O3/c21-16(19-10-17(22)23)11-20-8-5-13-1-2-14(9-15(13)20)12-3-6-18-7-4-12/h1-2,5,8-9,12,18H,3-4,6-7,10-11H2,(H,19,21)(H,22,23). The molecule has 23 heavy (non-hydrogen) atoms. The van der Waals surface area contributed by atoms with Crippen LogP contribution in [0.25, 0.3) is 10.9 Å². The van der Waals surface area contributed by atoms with E-state index < -0.39 is 5.97 Å². The van der Waals surface area contributed by atoms with E-state index in [2.05, 4.69) is 28.8 Å². The van der Waals surface area contributed by atoms with Crippen molar-refractivity contribution in [3.05, 3.63) is 36.0 Å². The molecule has 0 saturated carbocycles. The first-order valence-corrected chi connectivity index (χ1v) is 7.91. The van der Waals surface area contributed by atoms with E-state index in [-0.39, 0.29) is 19.0 Å². The molecule has 0 atom stereocenters. The number of aliphatic carboxylic acids is 1. The molecular weight excluding hydrogens is 294 g/mol. The van der Waals surface area contributed by atoms with Gasteiger partial charge in [0.15, 0.2) is 0 Å². The minimum Gasteiger partial charge on any atom is -0.480 e. The minimum atomic E-state index is -1.04. The molecule has 3 rings (SSSR count). The summed E-state index contributed by atoms with van der Waals surface area (Å²) < 4.78 is 1.87. The smallest absolute Gasteiger partial charge is 0.322 e. The van der Waals surface area contributed by atoms with Crippen LogP contribution in [0.3, 0.4) is 0 Å². The van der Waals surface area contributed by atoms with E-state index in [0.717, 1.165) is 36.8 Å². The zero-order valence-corrected chi connectivity index (χ0v) is 12.9. The molecule has 1 aromatic heterocycles. The average molecular weight is 315 g/mol. The number of piperidine rings is 1. The number of hydrogen-bond donors (Lipinski definition) is 3. The molecule has 0 spiro atoms. The molecule has 0 aliphatic carbocycles. The lowest BCUT2D eigenvalue weighted by Crippen LogP contribution is -2.32. The van der Waals surface area contributed by atoms with Crippen molar-refractivity contribution in [1.29, 1.82) is 0 Å². The second-order valence-electron chi connectivity index (χ2n) is 5.96. The van der Waals surface area contributed by atoms with Crippen LogP contribution >= 0.6 is 0 Å². The third kappa shape index (κ3) is 3.71. The maximum atomic E-state index is 11.8. The Balaban J connectivity index is 1.78. The Bertz CT molecular complexity index is 717. The Morgan fingerprint density at radius 1 is 1.26 bits per heavy atom. The number of nitrogens with zero attached hydrogens (tertiary/aromatic N) is 1. The molecule has 0 radical (unpaired) electrons. The number of rotatable bonds is 5. The zero-order valence-electron chi connectivity index (χ0n) is 12.9. The number of carbonyl (C=O) groups excluding carboxylic acids is 1. The number of aromatic nitrogens is 1. The first-order chi connectivity index (χ1) is 11.1. The van der Waals surface area contributed by atoms with E-state index in [4.69, 9.17) is 5.11 Å². The van der Waals surface area contributed by atoms with Gasteiger partial charge < -0.3 is 20.3 Å². The lowest BCUT2D eigenvalue weighted by Gasteiger charge is -2.23. The molecule has 6 nitrogen and oxygen atoms in total. The fourth-order valence-corrected chi connectivity index (χ4v) is 3.13. The summed E-state index contributed by atoms with van der Waals surface area (Å²) in [5.74, 6) is -0.772. The van der Waals surface area contributed by atoms with Crippen LogP contribution in [-0.2, 0) is 16.1 Å². The summed E-state index contributed by atoms with van der Waals surface area (Å²) in [5.41, 5.74) is 2.33. The van der Waals surface area contributed by atoms with Gasteiger partial charge >= 0.3 is 5.97 Å². The lowest BCUT2D eigenvalue weighted by molar-refractivity contribution is -0.138. The van der Waals surface area contributed by atoms with Gasteiger partial charge in [-0.05, 0) is 54.9 Å². The molecule has 2 heterocycles.